The number of carbonyl (C=O) groups excluding carboxylic acids is 2. The number of hydrogen-bond donors (Lipinski definition) is 4. The summed E-state index contributed by atoms with van der Waals surface area (Å²) >= 11 is 6.38. The van der Waals surface area contributed by atoms with Gasteiger partial charge >= 0.3 is 6.01 Å². The van der Waals surface area contributed by atoms with Crippen molar-refractivity contribution in [3.8, 4) is 6.01 Å². The van der Waals surface area contributed by atoms with Gasteiger partial charge in [-0.25, -0.2) is 4.98 Å². The number of nitrogens with zero attached hydrogens (tertiary/aromatic N) is 3. The van der Waals surface area contributed by atoms with E-state index >= 15 is 0 Å². The zero-order valence-electron chi connectivity index (χ0n) is 27.2. The number of carbonyl (C=O) groups is 2. The number of fused-ring (bicyclic) bond motifs is 1. The summed E-state index contributed by atoms with van der Waals surface area (Å²) in [6, 6.07) is 15.4. The number of nitrogens with one attached hydrogen (secondary N) is 3. The highest BCUT2D eigenvalue weighted by atomic mass is 35.5. The molecule has 13 heteroatoms. The molecular formula is C34H41ClN6O6. The summed E-state index contributed by atoms with van der Waals surface area (Å²) in [4.78, 5) is 51.9. The Balaban J connectivity index is 1.45. The van der Waals surface area contributed by atoms with Crippen LogP contribution >= 0.6 is 11.6 Å². The lowest BCUT2D eigenvalue weighted by molar-refractivity contribution is -0.238. The number of methoxy groups -OCH3 is 1. The molecule has 2 unspecified atom stereocenters. The van der Waals surface area contributed by atoms with Crippen molar-refractivity contribution in [2.45, 2.75) is 65.0 Å². The van der Waals surface area contributed by atoms with Gasteiger partial charge in [-0.05, 0) is 76.4 Å². The average Bonchev–Trinajstić information content (AvgIpc) is 3.03. The van der Waals surface area contributed by atoms with Crippen molar-refractivity contribution >= 4 is 40.1 Å². The number of halogens is 1. The fourth-order valence-corrected chi connectivity index (χ4v) is 5.09. The molecule has 0 fully saturated rings. The van der Waals surface area contributed by atoms with Crippen molar-refractivity contribution in [1.29, 1.82) is 0 Å². The van der Waals surface area contributed by atoms with Gasteiger partial charge in [-0.2, -0.15) is 4.98 Å². The van der Waals surface area contributed by atoms with Gasteiger partial charge in [0.25, 0.3) is 17.4 Å². The summed E-state index contributed by atoms with van der Waals surface area (Å²) in [7, 11) is 1.40. The van der Waals surface area contributed by atoms with E-state index in [9.17, 15) is 19.5 Å². The normalized spacial score (nSPS) is 12.9. The van der Waals surface area contributed by atoms with Crippen LogP contribution in [0.1, 0.15) is 79.3 Å². The first-order valence-electron chi connectivity index (χ1n) is 15.4. The second-order valence-electron chi connectivity index (χ2n) is 11.9. The Morgan fingerprint density at radius 2 is 1.83 bits per heavy atom. The number of amides is 2. The van der Waals surface area contributed by atoms with Crippen LogP contribution in [-0.4, -0.2) is 69.0 Å². The van der Waals surface area contributed by atoms with Gasteiger partial charge in [0.15, 0.2) is 0 Å². The molecule has 0 radical (unpaired) electrons. The maximum absolute atomic E-state index is 13.5. The van der Waals surface area contributed by atoms with E-state index in [1.54, 1.807) is 6.07 Å². The monoisotopic (exact) mass is 664 g/mol. The molecule has 2 aromatic heterocycles. The Kier molecular flexibility index (Phi) is 12.1. The number of aromatic amines is 1. The van der Waals surface area contributed by atoms with Gasteiger partial charge in [0.1, 0.15) is 11.2 Å². The smallest absolute Gasteiger partial charge is 0.318 e. The first-order chi connectivity index (χ1) is 22.4. The van der Waals surface area contributed by atoms with Crippen LogP contribution in [0.5, 0.6) is 6.01 Å². The number of anilines is 1. The van der Waals surface area contributed by atoms with Gasteiger partial charge in [-0.1, -0.05) is 48.9 Å². The minimum atomic E-state index is -0.998. The Labute approximate surface area is 278 Å². The van der Waals surface area contributed by atoms with E-state index in [0.717, 1.165) is 18.4 Å². The maximum atomic E-state index is 13.5. The number of pyridine rings is 1. The number of aliphatic hydroxyl groups excluding tert-OH is 1. The van der Waals surface area contributed by atoms with Crippen LogP contribution in [0.3, 0.4) is 0 Å². The summed E-state index contributed by atoms with van der Waals surface area (Å²) in [5, 5.41) is 16.9. The minimum absolute atomic E-state index is 0.0754. The number of rotatable bonds is 14. The Morgan fingerprint density at radius 1 is 1.09 bits per heavy atom. The van der Waals surface area contributed by atoms with E-state index in [4.69, 9.17) is 21.1 Å². The van der Waals surface area contributed by atoms with E-state index in [1.165, 1.54) is 31.5 Å². The molecule has 4 rings (SSSR count). The summed E-state index contributed by atoms with van der Waals surface area (Å²) < 4.78 is 10.7. The topological polar surface area (TPSA) is 159 Å². The first-order valence-corrected chi connectivity index (χ1v) is 15.8. The molecule has 0 saturated heterocycles. The summed E-state index contributed by atoms with van der Waals surface area (Å²) in [5.74, 6) is -1.07. The zero-order chi connectivity index (χ0) is 34.1. The van der Waals surface area contributed by atoms with Crippen molar-refractivity contribution in [2.24, 2.45) is 0 Å². The van der Waals surface area contributed by atoms with Crippen molar-refractivity contribution in [2.75, 3.05) is 25.5 Å². The molecule has 2 heterocycles. The number of H-pyrrole nitrogens is 1. The molecule has 4 aromatic rings. The molecular weight excluding hydrogens is 624 g/mol. The molecule has 4 N–H and O–H groups in total. The van der Waals surface area contributed by atoms with Crippen molar-refractivity contribution in [3.63, 3.8) is 0 Å². The molecule has 0 aliphatic heterocycles. The number of ether oxygens (including phenoxy) is 2. The predicted molar refractivity (Wildman–Crippen MR) is 181 cm³/mol. The molecule has 2 atom stereocenters. The average molecular weight is 665 g/mol. The highest BCUT2D eigenvalue weighted by Crippen LogP contribution is 2.26. The fraction of sp³-hybridized carbons (Fsp3) is 0.382. The van der Waals surface area contributed by atoms with Crippen LogP contribution in [0.4, 0.5) is 5.69 Å². The second kappa shape index (κ2) is 16.0. The highest BCUT2D eigenvalue weighted by Gasteiger charge is 2.22. The zero-order valence-corrected chi connectivity index (χ0v) is 27.9. The van der Waals surface area contributed by atoms with Crippen LogP contribution < -0.4 is 20.9 Å². The summed E-state index contributed by atoms with van der Waals surface area (Å²) in [5.41, 5.74) is 0.297. The lowest BCUT2D eigenvalue weighted by Crippen LogP contribution is -2.42. The van der Waals surface area contributed by atoms with Crippen LogP contribution in [0.25, 0.3) is 11.0 Å². The van der Waals surface area contributed by atoms with Gasteiger partial charge in [-0.3, -0.25) is 19.3 Å². The largest absolute Gasteiger partial charge is 0.467 e. The predicted octanol–water partition coefficient (Wildman–Crippen LogP) is 5.29. The third kappa shape index (κ3) is 9.82. The third-order valence-corrected chi connectivity index (χ3v) is 7.68. The number of hydrogen-bond acceptors (Lipinski definition) is 9. The van der Waals surface area contributed by atoms with Crippen LogP contribution in [0, 0.1) is 0 Å². The van der Waals surface area contributed by atoms with Crippen LogP contribution in [0.15, 0.2) is 65.6 Å². The van der Waals surface area contributed by atoms with Crippen molar-refractivity contribution < 1.29 is 24.2 Å². The molecule has 0 spiro atoms. The first kappa shape index (κ1) is 35.5. The number of unbranched alkanes of at least 4 members (excludes halogenated alkanes) is 1. The lowest BCUT2D eigenvalue weighted by atomic mass is 10.00. The van der Waals surface area contributed by atoms with Gasteiger partial charge in [0.05, 0.1) is 29.5 Å². The Morgan fingerprint density at radius 3 is 2.51 bits per heavy atom. The molecule has 0 aliphatic rings. The molecule has 2 aromatic carbocycles. The van der Waals surface area contributed by atoms with E-state index in [1.807, 2.05) is 62.9 Å². The summed E-state index contributed by atoms with van der Waals surface area (Å²) in [6.07, 6.45) is 2.64. The van der Waals surface area contributed by atoms with Gasteiger partial charge in [-0.15, -0.1) is 0 Å². The molecule has 12 nitrogen and oxygen atoms in total. The summed E-state index contributed by atoms with van der Waals surface area (Å²) in [6.45, 7) is 8.92. The molecule has 0 aliphatic carbocycles. The fourth-order valence-electron chi connectivity index (χ4n) is 4.92. The van der Waals surface area contributed by atoms with Crippen LogP contribution in [0.2, 0.25) is 5.02 Å². The molecule has 0 bridgehead atoms. The van der Waals surface area contributed by atoms with E-state index in [2.05, 4.69) is 25.6 Å². The van der Waals surface area contributed by atoms with E-state index < -0.39 is 23.5 Å². The Bertz CT molecular complexity index is 1740. The number of benzene rings is 2. The molecule has 2 amide bonds. The van der Waals surface area contributed by atoms with Crippen LogP contribution in [-0.2, 0) is 4.74 Å². The molecule has 250 valence electrons. The highest BCUT2D eigenvalue weighted by molar-refractivity contribution is 6.34. The number of aromatic nitrogens is 3. The van der Waals surface area contributed by atoms with Crippen molar-refractivity contribution in [3.05, 3.63) is 92.9 Å². The standard InChI is InChI=1S/C34H41ClN6O6/c1-6-41(33(45)47-34(2,3)4)17-11-10-14-26(21-12-8-7-9-13-21)37-29(42)22-15-16-25(35)27(19-22)38-30(43)24-18-23-20-36-32(46-5)40-28(23)39-31(24)44/h7-9,12-13,15-16,18-20,26,33,45H,6,10-11,14,17H2,1-5H3,(H,37,42)(H,38,43)(H,36,39,40,44). The second-order valence-corrected chi connectivity index (χ2v) is 12.3. The van der Waals surface area contributed by atoms with Gasteiger partial charge in [0.2, 0.25) is 6.41 Å². The van der Waals surface area contributed by atoms with Gasteiger partial charge in [0, 0.05) is 23.7 Å². The number of aliphatic hydroxyl groups is 1. The Hall–Kier alpha value is -4.36. The minimum Gasteiger partial charge on any atom is -0.467 e. The van der Waals surface area contributed by atoms with Gasteiger partial charge < -0.3 is 30.2 Å². The van der Waals surface area contributed by atoms with Crippen molar-refractivity contribution in [1.82, 2.24) is 25.2 Å². The quantitative estimate of drug-likeness (QED) is 0.104. The lowest BCUT2D eigenvalue weighted by Gasteiger charge is -2.32. The molecule has 47 heavy (non-hydrogen) atoms. The third-order valence-electron chi connectivity index (χ3n) is 7.35. The van der Waals surface area contributed by atoms with E-state index in [-0.39, 0.29) is 45.4 Å². The SMILES string of the molecule is CCN(CCCCC(NC(=O)c1ccc(Cl)c(NC(=O)c2cc3cnc(OC)nc3[nH]c2=O)c1)c1ccccc1)C(O)OC(C)(C)C. The maximum Gasteiger partial charge on any atom is 0.318 e. The van der Waals surface area contributed by atoms with E-state index in [0.29, 0.717) is 24.9 Å². The molecule has 0 saturated carbocycles.